The van der Waals surface area contributed by atoms with Crippen LogP contribution in [0, 0.1) is 17.6 Å². The van der Waals surface area contributed by atoms with Gasteiger partial charge in [0.25, 0.3) is 0 Å². The molecule has 0 radical (unpaired) electrons. The van der Waals surface area contributed by atoms with Crippen molar-refractivity contribution in [3.63, 3.8) is 0 Å². The smallest absolute Gasteiger partial charge is 0.226 e. The molecule has 1 aromatic carbocycles. The van der Waals surface area contributed by atoms with Gasteiger partial charge in [-0.1, -0.05) is 6.07 Å². The fourth-order valence-electron chi connectivity index (χ4n) is 3.53. The van der Waals surface area contributed by atoms with E-state index in [2.05, 4.69) is 0 Å². The second kappa shape index (κ2) is 7.92. The molecule has 2 aliphatic rings. The topological polar surface area (TPSA) is 74.8 Å². The second-order valence-electron chi connectivity index (χ2n) is 7.05. The monoisotopic (exact) mass is 400 g/mol. The predicted molar refractivity (Wildman–Crippen MR) is 94.6 cm³/mol. The highest BCUT2D eigenvalue weighted by molar-refractivity contribution is 7.91. The Morgan fingerprint density at radius 2 is 1.70 bits per heavy atom. The van der Waals surface area contributed by atoms with Crippen LogP contribution in [0.25, 0.3) is 0 Å². The van der Waals surface area contributed by atoms with E-state index in [-0.39, 0.29) is 29.7 Å². The van der Waals surface area contributed by atoms with Gasteiger partial charge in [0, 0.05) is 32.6 Å². The van der Waals surface area contributed by atoms with Gasteiger partial charge in [-0.05, 0) is 30.5 Å². The molecule has 9 heteroatoms. The Morgan fingerprint density at radius 1 is 1.04 bits per heavy atom. The van der Waals surface area contributed by atoms with Crippen molar-refractivity contribution in [1.29, 1.82) is 0 Å². The van der Waals surface area contributed by atoms with Crippen molar-refractivity contribution in [2.24, 2.45) is 5.92 Å². The van der Waals surface area contributed by atoms with Crippen LogP contribution in [0.4, 0.5) is 8.78 Å². The van der Waals surface area contributed by atoms with Crippen LogP contribution in [-0.2, 0) is 25.8 Å². The maximum Gasteiger partial charge on any atom is 0.226 e. The van der Waals surface area contributed by atoms with Crippen LogP contribution in [0.1, 0.15) is 18.4 Å². The minimum absolute atomic E-state index is 0.0613. The Hall–Kier alpha value is -2.03. The van der Waals surface area contributed by atoms with Gasteiger partial charge in [-0.25, -0.2) is 17.2 Å². The van der Waals surface area contributed by atoms with Crippen LogP contribution in [0.5, 0.6) is 0 Å². The van der Waals surface area contributed by atoms with E-state index in [1.807, 2.05) is 0 Å². The van der Waals surface area contributed by atoms with Gasteiger partial charge in [-0.3, -0.25) is 9.59 Å². The van der Waals surface area contributed by atoms with Gasteiger partial charge in [-0.15, -0.1) is 0 Å². The molecule has 2 saturated heterocycles. The van der Waals surface area contributed by atoms with Crippen molar-refractivity contribution in [3.8, 4) is 0 Å². The van der Waals surface area contributed by atoms with Crippen LogP contribution in [-0.4, -0.2) is 67.7 Å². The van der Waals surface area contributed by atoms with Crippen LogP contribution >= 0.6 is 0 Å². The third-order valence-electron chi connectivity index (χ3n) is 5.14. The van der Waals surface area contributed by atoms with E-state index < -0.39 is 27.4 Å². The zero-order valence-electron chi connectivity index (χ0n) is 14.9. The summed E-state index contributed by atoms with van der Waals surface area (Å²) < 4.78 is 49.2. The Morgan fingerprint density at radius 3 is 2.30 bits per heavy atom. The standard InChI is InChI=1S/C18H22F2N2O4S/c19-15-3-1-13(11-16(15)20)2-4-17(23)21-6-8-22(9-7-21)18(24)14-5-10-27(25,26)12-14/h1,3,11,14H,2,4-10,12H2. The Bertz CT molecular complexity index is 836. The molecule has 0 N–H and O–H groups in total. The van der Waals surface area contributed by atoms with Crippen molar-refractivity contribution in [2.45, 2.75) is 19.3 Å². The molecule has 2 amide bonds. The normalized spacial score (nSPS) is 22.1. The highest BCUT2D eigenvalue weighted by Gasteiger charge is 2.36. The summed E-state index contributed by atoms with van der Waals surface area (Å²) in [5.74, 6) is -2.59. The third kappa shape index (κ3) is 4.82. The highest BCUT2D eigenvalue weighted by atomic mass is 32.2. The number of piperazine rings is 1. The molecule has 148 valence electrons. The van der Waals surface area contributed by atoms with E-state index in [1.54, 1.807) is 9.80 Å². The number of amides is 2. The Labute approximate surface area is 157 Å². The largest absolute Gasteiger partial charge is 0.339 e. The van der Waals surface area contributed by atoms with Crippen LogP contribution in [0.15, 0.2) is 18.2 Å². The van der Waals surface area contributed by atoms with E-state index in [1.165, 1.54) is 6.07 Å². The van der Waals surface area contributed by atoms with Crippen molar-refractivity contribution >= 4 is 21.7 Å². The molecule has 0 bridgehead atoms. The Balaban J connectivity index is 1.46. The van der Waals surface area contributed by atoms with Gasteiger partial charge in [0.05, 0.1) is 17.4 Å². The number of carbonyl (C=O) groups excluding carboxylic acids is 2. The number of rotatable bonds is 4. The van der Waals surface area contributed by atoms with E-state index >= 15 is 0 Å². The minimum Gasteiger partial charge on any atom is -0.339 e. The number of sulfone groups is 1. The quantitative estimate of drug-likeness (QED) is 0.756. The molecule has 1 atom stereocenters. The average molecular weight is 400 g/mol. The van der Waals surface area contributed by atoms with Crippen LogP contribution < -0.4 is 0 Å². The van der Waals surface area contributed by atoms with Gasteiger partial charge in [-0.2, -0.15) is 0 Å². The van der Waals surface area contributed by atoms with Crippen molar-refractivity contribution in [1.82, 2.24) is 9.80 Å². The summed E-state index contributed by atoms with van der Waals surface area (Å²) in [5.41, 5.74) is 0.554. The lowest BCUT2D eigenvalue weighted by molar-refractivity contribution is -0.141. The summed E-state index contributed by atoms with van der Waals surface area (Å²) in [6.45, 7) is 1.54. The summed E-state index contributed by atoms with van der Waals surface area (Å²) in [4.78, 5) is 28.0. The molecule has 27 heavy (non-hydrogen) atoms. The molecule has 0 spiro atoms. The zero-order valence-corrected chi connectivity index (χ0v) is 15.7. The summed E-state index contributed by atoms with van der Waals surface area (Å²) in [7, 11) is -3.11. The first-order chi connectivity index (χ1) is 12.7. The van der Waals surface area contributed by atoms with E-state index in [9.17, 15) is 26.8 Å². The minimum atomic E-state index is -3.11. The molecule has 0 saturated carbocycles. The summed E-state index contributed by atoms with van der Waals surface area (Å²) in [6.07, 6.45) is 0.865. The van der Waals surface area contributed by atoms with Gasteiger partial charge >= 0.3 is 0 Å². The van der Waals surface area contributed by atoms with Gasteiger partial charge in [0.2, 0.25) is 11.8 Å². The molecule has 1 aromatic rings. The molecule has 6 nitrogen and oxygen atoms in total. The molecule has 2 heterocycles. The molecular formula is C18H22F2N2O4S. The van der Waals surface area contributed by atoms with E-state index in [0.717, 1.165) is 12.1 Å². The van der Waals surface area contributed by atoms with Gasteiger partial charge < -0.3 is 9.80 Å². The molecule has 0 aromatic heterocycles. The summed E-state index contributed by atoms with van der Waals surface area (Å²) in [6, 6.07) is 3.59. The van der Waals surface area contributed by atoms with Crippen molar-refractivity contribution in [2.75, 3.05) is 37.7 Å². The maximum atomic E-state index is 13.2. The molecular weight excluding hydrogens is 378 g/mol. The van der Waals surface area contributed by atoms with Crippen LogP contribution in [0.2, 0.25) is 0 Å². The number of aryl methyl sites for hydroxylation is 1. The Kier molecular flexibility index (Phi) is 5.78. The molecule has 2 fully saturated rings. The lowest BCUT2D eigenvalue weighted by Gasteiger charge is -2.36. The number of halogens is 2. The number of benzene rings is 1. The van der Waals surface area contributed by atoms with Crippen molar-refractivity contribution < 1.29 is 26.8 Å². The second-order valence-corrected chi connectivity index (χ2v) is 9.28. The highest BCUT2D eigenvalue weighted by Crippen LogP contribution is 2.21. The molecule has 1 unspecified atom stereocenters. The van der Waals surface area contributed by atoms with Crippen LogP contribution in [0.3, 0.4) is 0 Å². The third-order valence-corrected chi connectivity index (χ3v) is 6.91. The first-order valence-corrected chi connectivity index (χ1v) is 10.8. The fourth-order valence-corrected chi connectivity index (χ4v) is 5.26. The SMILES string of the molecule is O=C(CCc1ccc(F)c(F)c1)N1CCN(C(=O)C2CCS(=O)(=O)C2)CC1. The lowest BCUT2D eigenvalue weighted by Crippen LogP contribution is -2.52. The summed E-state index contributed by atoms with van der Waals surface area (Å²) in [5, 5.41) is 0. The lowest BCUT2D eigenvalue weighted by atomic mass is 10.1. The van der Waals surface area contributed by atoms with E-state index in [4.69, 9.17) is 0 Å². The van der Waals surface area contributed by atoms with Gasteiger partial charge in [0.1, 0.15) is 0 Å². The zero-order chi connectivity index (χ0) is 19.6. The van der Waals surface area contributed by atoms with E-state index in [0.29, 0.717) is 44.6 Å². The summed E-state index contributed by atoms with van der Waals surface area (Å²) >= 11 is 0. The number of nitrogens with zero attached hydrogens (tertiary/aromatic N) is 2. The maximum absolute atomic E-state index is 13.2. The first kappa shape index (κ1) is 19.7. The number of hydrogen-bond donors (Lipinski definition) is 0. The fraction of sp³-hybridized carbons (Fsp3) is 0.556. The predicted octanol–water partition coefficient (Wildman–Crippen LogP) is 1.00. The van der Waals surface area contributed by atoms with Gasteiger partial charge in [0.15, 0.2) is 21.5 Å². The molecule has 3 rings (SSSR count). The number of hydrogen-bond acceptors (Lipinski definition) is 4. The molecule has 0 aliphatic carbocycles. The average Bonchev–Trinajstić information content (AvgIpc) is 3.02. The van der Waals surface area contributed by atoms with Crippen molar-refractivity contribution in [3.05, 3.63) is 35.4 Å². The molecule has 2 aliphatic heterocycles. The number of carbonyl (C=O) groups is 2. The first-order valence-electron chi connectivity index (χ1n) is 8.96.